The van der Waals surface area contributed by atoms with Crippen molar-refractivity contribution in [1.29, 1.82) is 0 Å². The minimum absolute atomic E-state index is 0.121. The van der Waals surface area contributed by atoms with Crippen molar-refractivity contribution in [3.8, 4) is 5.75 Å². The molecule has 2 aromatic carbocycles. The zero-order valence-electron chi connectivity index (χ0n) is 15.2. The van der Waals surface area contributed by atoms with E-state index in [1.54, 1.807) is 60.3 Å². The van der Waals surface area contributed by atoms with Gasteiger partial charge in [0.2, 0.25) is 0 Å². The Bertz CT molecular complexity index is 767. The van der Waals surface area contributed by atoms with E-state index in [1.807, 2.05) is 6.26 Å². The summed E-state index contributed by atoms with van der Waals surface area (Å²) in [6, 6.07) is 13.2. The summed E-state index contributed by atoms with van der Waals surface area (Å²) < 4.78 is 10.6. The monoisotopic (exact) mass is 407 g/mol. The molecule has 2 aromatic rings. The maximum atomic E-state index is 12.6. The average molecular weight is 408 g/mol. The van der Waals surface area contributed by atoms with Gasteiger partial charge in [0.1, 0.15) is 18.4 Å². The van der Waals surface area contributed by atoms with Crippen molar-refractivity contribution < 1.29 is 19.1 Å². The van der Waals surface area contributed by atoms with Crippen molar-refractivity contribution in [2.24, 2.45) is 0 Å². The van der Waals surface area contributed by atoms with Gasteiger partial charge in [-0.25, -0.2) is 4.79 Å². The number of thioether (sulfide) groups is 1. The van der Waals surface area contributed by atoms with E-state index in [2.05, 4.69) is 5.32 Å². The highest BCUT2D eigenvalue weighted by Gasteiger charge is 2.24. The van der Waals surface area contributed by atoms with Gasteiger partial charge in [0.15, 0.2) is 0 Å². The molecular weight excluding hydrogens is 386 g/mol. The standard InChI is InChI=1S/C20H22ClNO4S/c1-25-18-6-4-3-5-16(18)19(23)22-17(11-12-27-2)20(24)26-13-14-7-9-15(21)10-8-14/h3-10,17H,11-13H2,1-2H3,(H,22,23)/t17-/m1/s1. The van der Waals surface area contributed by atoms with Crippen LogP contribution >= 0.6 is 23.4 Å². The first-order chi connectivity index (χ1) is 13.0. The third-order valence-corrected chi connectivity index (χ3v) is 4.74. The van der Waals surface area contributed by atoms with Gasteiger partial charge < -0.3 is 14.8 Å². The number of benzene rings is 2. The molecule has 5 nitrogen and oxygen atoms in total. The Labute approximate surface area is 168 Å². The summed E-state index contributed by atoms with van der Waals surface area (Å²) in [4.78, 5) is 25.1. The second-order valence-corrected chi connectivity index (χ2v) is 7.16. The molecule has 144 valence electrons. The van der Waals surface area contributed by atoms with Crippen LogP contribution in [0.2, 0.25) is 5.02 Å². The quantitative estimate of drug-likeness (QED) is 0.638. The number of halogens is 1. The molecule has 0 spiro atoms. The van der Waals surface area contributed by atoms with Crippen molar-refractivity contribution >= 4 is 35.2 Å². The molecule has 1 amide bonds. The topological polar surface area (TPSA) is 64.6 Å². The largest absolute Gasteiger partial charge is 0.496 e. The Morgan fingerprint density at radius 3 is 2.52 bits per heavy atom. The summed E-state index contributed by atoms with van der Waals surface area (Å²) in [6.45, 7) is 0.121. The van der Waals surface area contributed by atoms with E-state index in [0.717, 1.165) is 5.56 Å². The molecule has 0 aliphatic carbocycles. The highest BCUT2D eigenvalue weighted by molar-refractivity contribution is 7.98. The van der Waals surface area contributed by atoms with Crippen molar-refractivity contribution in [3.05, 3.63) is 64.7 Å². The van der Waals surface area contributed by atoms with E-state index < -0.39 is 12.0 Å². The third kappa shape index (κ3) is 6.48. The number of rotatable bonds is 9. The van der Waals surface area contributed by atoms with Gasteiger partial charge in [0, 0.05) is 5.02 Å². The molecule has 1 N–H and O–H groups in total. The number of hydrogen-bond acceptors (Lipinski definition) is 5. The Kier molecular flexibility index (Phi) is 8.48. The van der Waals surface area contributed by atoms with Crippen LogP contribution in [0.25, 0.3) is 0 Å². The average Bonchev–Trinajstić information content (AvgIpc) is 2.70. The zero-order chi connectivity index (χ0) is 19.6. The summed E-state index contributed by atoms with van der Waals surface area (Å²) in [6.07, 6.45) is 2.42. The molecule has 0 saturated carbocycles. The molecule has 0 unspecified atom stereocenters. The molecule has 0 radical (unpaired) electrons. The van der Waals surface area contributed by atoms with Crippen molar-refractivity contribution in [1.82, 2.24) is 5.32 Å². The number of hydrogen-bond donors (Lipinski definition) is 1. The smallest absolute Gasteiger partial charge is 0.329 e. The van der Waals surface area contributed by atoms with E-state index in [1.165, 1.54) is 7.11 Å². The first-order valence-corrected chi connectivity index (χ1v) is 10.2. The Morgan fingerprint density at radius 2 is 1.85 bits per heavy atom. The van der Waals surface area contributed by atoms with Crippen LogP contribution in [0, 0.1) is 0 Å². The number of methoxy groups -OCH3 is 1. The second-order valence-electron chi connectivity index (χ2n) is 5.74. The molecule has 2 rings (SSSR count). The highest BCUT2D eigenvalue weighted by atomic mass is 35.5. The Hall–Kier alpha value is -2.18. The molecule has 0 aliphatic rings. The fraction of sp³-hybridized carbons (Fsp3) is 0.300. The minimum atomic E-state index is -0.734. The van der Waals surface area contributed by atoms with Crippen LogP contribution in [-0.4, -0.2) is 37.0 Å². The van der Waals surface area contributed by atoms with Gasteiger partial charge in [-0.05, 0) is 48.3 Å². The van der Waals surface area contributed by atoms with Gasteiger partial charge in [-0.15, -0.1) is 0 Å². The Morgan fingerprint density at radius 1 is 1.15 bits per heavy atom. The maximum absolute atomic E-state index is 12.6. The summed E-state index contributed by atoms with van der Waals surface area (Å²) >= 11 is 7.45. The molecule has 0 aromatic heterocycles. The van der Waals surface area contributed by atoms with E-state index in [9.17, 15) is 9.59 Å². The predicted molar refractivity (Wildman–Crippen MR) is 108 cm³/mol. The zero-order valence-corrected chi connectivity index (χ0v) is 16.8. The lowest BCUT2D eigenvalue weighted by atomic mass is 10.1. The number of para-hydroxylation sites is 1. The fourth-order valence-corrected chi connectivity index (χ4v) is 2.99. The molecule has 0 fully saturated rings. The van der Waals surface area contributed by atoms with Crippen LogP contribution in [0.4, 0.5) is 0 Å². The normalized spacial score (nSPS) is 11.5. The second kappa shape index (κ2) is 10.8. The number of amides is 1. The summed E-state index contributed by atoms with van der Waals surface area (Å²) in [5, 5.41) is 3.38. The minimum Gasteiger partial charge on any atom is -0.496 e. The number of carbonyl (C=O) groups excluding carboxylic acids is 2. The van der Waals surface area contributed by atoms with Crippen molar-refractivity contribution in [2.75, 3.05) is 19.1 Å². The van der Waals surface area contributed by atoms with Crippen LogP contribution in [0.15, 0.2) is 48.5 Å². The van der Waals surface area contributed by atoms with Gasteiger partial charge in [-0.1, -0.05) is 35.9 Å². The van der Waals surface area contributed by atoms with Crippen LogP contribution in [-0.2, 0) is 16.1 Å². The molecule has 7 heteroatoms. The molecule has 0 aliphatic heterocycles. The number of carbonyl (C=O) groups is 2. The van der Waals surface area contributed by atoms with Gasteiger partial charge in [0.25, 0.3) is 5.91 Å². The molecular formula is C20H22ClNO4S. The molecule has 0 heterocycles. The lowest BCUT2D eigenvalue weighted by Crippen LogP contribution is -2.42. The van der Waals surface area contributed by atoms with E-state index in [-0.39, 0.29) is 12.5 Å². The fourth-order valence-electron chi connectivity index (χ4n) is 2.39. The van der Waals surface area contributed by atoms with Crippen LogP contribution in [0.5, 0.6) is 5.75 Å². The van der Waals surface area contributed by atoms with Crippen LogP contribution in [0.1, 0.15) is 22.3 Å². The highest BCUT2D eigenvalue weighted by Crippen LogP contribution is 2.18. The molecule has 0 bridgehead atoms. The number of ether oxygens (including phenoxy) is 2. The molecule has 0 saturated heterocycles. The number of nitrogens with one attached hydrogen (secondary N) is 1. The summed E-state index contributed by atoms with van der Waals surface area (Å²) in [5.41, 5.74) is 1.20. The molecule has 27 heavy (non-hydrogen) atoms. The summed E-state index contributed by atoms with van der Waals surface area (Å²) in [5.74, 6) is 0.324. The SMILES string of the molecule is COc1ccccc1C(=O)N[C@H](CCSC)C(=O)OCc1ccc(Cl)cc1. The van der Waals surface area contributed by atoms with Gasteiger partial charge >= 0.3 is 5.97 Å². The van der Waals surface area contributed by atoms with Gasteiger partial charge in [0.05, 0.1) is 12.7 Å². The first kappa shape index (κ1) is 21.1. The predicted octanol–water partition coefficient (Wildman–Crippen LogP) is 3.94. The lowest BCUT2D eigenvalue weighted by molar-refractivity contribution is -0.147. The first-order valence-electron chi connectivity index (χ1n) is 8.39. The lowest BCUT2D eigenvalue weighted by Gasteiger charge is -2.18. The third-order valence-electron chi connectivity index (χ3n) is 3.85. The van der Waals surface area contributed by atoms with E-state index >= 15 is 0 Å². The summed E-state index contributed by atoms with van der Waals surface area (Å²) in [7, 11) is 1.50. The van der Waals surface area contributed by atoms with E-state index in [4.69, 9.17) is 21.1 Å². The van der Waals surface area contributed by atoms with E-state index in [0.29, 0.717) is 28.5 Å². The maximum Gasteiger partial charge on any atom is 0.329 e. The van der Waals surface area contributed by atoms with Gasteiger partial charge in [-0.3, -0.25) is 4.79 Å². The van der Waals surface area contributed by atoms with Crippen LogP contribution < -0.4 is 10.1 Å². The number of esters is 1. The van der Waals surface area contributed by atoms with Crippen molar-refractivity contribution in [2.45, 2.75) is 19.1 Å². The van der Waals surface area contributed by atoms with Crippen molar-refractivity contribution in [3.63, 3.8) is 0 Å². The Balaban J connectivity index is 2.03. The molecule has 1 atom stereocenters. The van der Waals surface area contributed by atoms with Gasteiger partial charge in [-0.2, -0.15) is 11.8 Å². The van der Waals surface area contributed by atoms with Crippen LogP contribution in [0.3, 0.4) is 0 Å².